The third-order valence-corrected chi connectivity index (χ3v) is 3.57. The minimum absolute atomic E-state index is 0.118. The van der Waals surface area contributed by atoms with E-state index in [0.717, 1.165) is 22.9 Å². The Morgan fingerprint density at radius 2 is 2.13 bits per heavy atom. The standard InChI is InChI=1S/C16H20N6O/c1-10(2)13-9-15(22-14(21-13)5-7-18-22)17-6-4-12-8-16(23)20-11(3)19-12/h5,7-10,17H,4,6H2,1-3H3,(H,19,20,23). The highest BCUT2D eigenvalue weighted by atomic mass is 16.1. The van der Waals surface area contributed by atoms with Gasteiger partial charge in [-0.25, -0.2) is 9.97 Å². The molecule has 0 saturated carbocycles. The van der Waals surface area contributed by atoms with Crippen molar-refractivity contribution in [2.24, 2.45) is 0 Å². The maximum absolute atomic E-state index is 11.5. The number of aromatic nitrogens is 5. The molecule has 0 spiro atoms. The van der Waals surface area contributed by atoms with E-state index in [1.54, 1.807) is 17.6 Å². The highest BCUT2D eigenvalue weighted by Gasteiger charge is 2.09. The predicted octanol–water partition coefficient (Wildman–Crippen LogP) is 1.90. The number of nitrogens with one attached hydrogen (secondary N) is 2. The van der Waals surface area contributed by atoms with Gasteiger partial charge in [-0.3, -0.25) is 4.79 Å². The normalized spacial score (nSPS) is 11.3. The molecule has 3 heterocycles. The Morgan fingerprint density at radius 1 is 1.30 bits per heavy atom. The average Bonchev–Trinajstić information content (AvgIpc) is 2.94. The van der Waals surface area contributed by atoms with E-state index in [1.165, 1.54) is 6.07 Å². The second-order valence-electron chi connectivity index (χ2n) is 5.82. The summed E-state index contributed by atoms with van der Waals surface area (Å²) in [5, 5.41) is 7.66. The number of aromatic amines is 1. The molecule has 3 aromatic rings. The van der Waals surface area contributed by atoms with Gasteiger partial charge in [0.1, 0.15) is 11.6 Å². The van der Waals surface area contributed by atoms with Gasteiger partial charge in [-0.2, -0.15) is 9.61 Å². The van der Waals surface area contributed by atoms with Gasteiger partial charge < -0.3 is 10.3 Å². The molecule has 0 amide bonds. The molecule has 7 heteroatoms. The van der Waals surface area contributed by atoms with E-state index >= 15 is 0 Å². The molecule has 0 aliphatic carbocycles. The number of aryl methyl sites for hydroxylation is 1. The van der Waals surface area contributed by atoms with Crippen LogP contribution in [0.1, 0.15) is 37.0 Å². The Bertz CT molecular complexity index is 880. The van der Waals surface area contributed by atoms with Crippen LogP contribution in [0.3, 0.4) is 0 Å². The Morgan fingerprint density at radius 3 is 2.87 bits per heavy atom. The Balaban J connectivity index is 1.78. The van der Waals surface area contributed by atoms with Crippen LogP contribution in [0.2, 0.25) is 0 Å². The predicted molar refractivity (Wildman–Crippen MR) is 88.9 cm³/mol. The molecule has 0 bridgehead atoms. The fourth-order valence-electron chi connectivity index (χ4n) is 2.44. The molecule has 0 fully saturated rings. The van der Waals surface area contributed by atoms with Crippen LogP contribution in [0.25, 0.3) is 5.65 Å². The molecule has 2 N–H and O–H groups in total. The van der Waals surface area contributed by atoms with Crippen molar-refractivity contribution in [3.63, 3.8) is 0 Å². The van der Waals surface area contributed by atoms with Crippen LogP contribution in [0.4, 0.5) is 5.82 Å². The lowest BCUT2D eigenvalue weighted by molar-refractivity contribution is 0.806. The van der Waals surface area contributed by atoms with Crippen molar-refractivity contribution in [3.05, 3.63) is 52.0 Å². The molecule has 0 radical (unpaired) electrons. The van der Waals surface area contributed by atoms with Crippen LogP contribution in [0.15, 0.2) is 29.2 Å². The van der Waals surface area contributed by atoms with Gasteiger partial charge in [0.25, 0.3) is 5.56 Å². The van der Waals surface area contributed by atoms with Gasteiger partial charge in [-0.15, -0.1) is 0 Å². The molecule has 0 saturated heterocycles. The molecule has 0 aliphatic heterocycles. The molecule has 0 aromatic carbocycles. The summed E-state index contributed by atoms with van der Waals surface area (Å²) in [6.45, 7) is 6.67. The average molecular weight is 312 g/mol. The largest absolute Gasteiger partial charge is 0.370 e. The lowest BCUT2D eigenvalue weighted by atomic mass is 10.1. The van der Waals surface area contributed by atoms with Gasteiger partial charge >= 0.3 is 0 Å². The number of hydrogen-bond donors (Lipinski definition) is 2. The van der Waals surface area contributed by atoms with Gasteiger partial charge in [-0.05, 0) is 12.8 Å². The van der Waals surface area contributed by atoms with Crippen LogP contribution in [0, 0.1) is 6.92 Å². The van der Waals surface area contributed by atoms with Gasteiger partial charge in [0, 0.05) is 42.6 Å². The van der Waals surface area contributed by atoms with Gasteiger partial charge in [-0.1, -0.05) is 13.8 Å². The summed E-state index contributed by atoms with van der Waals surface area (Å²) < 4.78 is 1.78. The van der Waals surface area contributed by atoms with Gasteiger partial charge in [0.05, 0.1) is 6.20 Å². The Labute approximate surface area is 133 Å². The summed E-state index contributed by atoms with van der Waals surface area (Å²) in [5.74, 6) is 1.87. The van der Waals surface area contributed by atoms with Crippen molar-refractivity contribution in [2.75, 3.05) is 11.9 Å². The summed E-state index contributed by atoms with van der Waals surface area (Å²) in [6.07, 6.45) is 2.39. The van der Waals surface area contributed by atoms with Crippen molar-refractivity contribution in [2.45, 2.75) is 33.1 Å². The third kappa shape index (κ3) is 3.39. The zero-order valence-corrected chi connectivity index (χ0v) is 13.5. The fourth-order valence-corrected chi connectivity index (χ4v) is 2.44. The van der Waals surface area contributed by atoms with Crippen molar-refractivity contribution in [1.82, 2.24) is 24.6 Å². The zero-order valence-electron chi connectivity index (χ0n) is 13.5. The van der Waals surface area contributed by atoms with E-state index in [1.807, 2.05) is 12.1 Å². The molecule has 23 heavy (non-hydrogen) atoms. The zero-order chi connectivity index (χ0) is 16.4. The fraction of sp³-hybridized carbons (Fsp3) is 0.375. The number of H-pyrrole nitrogens is 1. The minimum Gasteiger partial charge on any atom is -0.370 e. The second-order valence-corrected chi connectivity index (χ2v) is 5.82. The van der Waals surface area contributed by atoms with E-state index in [-0.39, 0.29) is 5.56 Å². The first-order chi connectivity index (χ1) is 11.0. The first-order valence-corrected chi connectivity index (χ1v) is 7.68. The highest BCUT2D eigenvalue weighted by Crippen LogP contribution is 2.18. The summed E-state index contributed by atoms with van der Waals surface area (Å²) in [6, 6.07) is 5.43. The van der Waals surface area contributed by atoms with Gasteiger partial charge in [0.15, 0.2) is 5.65 Å². The molecule has 0 atom stereocenters. The van der Waals surface area contributed by atoms with E-state index in [0.29, 0.717) is 24.7 Å². The molecule has 3 aromatic heterocycles. The van der Waals surface area contributed by atoms with E-state index in [9.17, 15) is 4.79 Å². The molecule has 3 rings (SSSR count). The quantitative estimate of drug-likeness (QED) is 0.751. The molecular weight excluding hydrogens is 292 g/mol. The van der Waals surface area contributed by atoms with Crippen LogP contribution < -0.4 is 10.9 Å². The summed E-state index contributed by atoms with van der Waals surface area (Å²) in [4.78, 5) is 23.0. The molecular formula is C16H20N6O. The second kappa shape index (κ2) is 6.20. The molecule has 0 unspecified atom stereocenters. The topological polar surface area (TPSA) is 88.0 Å². The molecule has 120 valence electrons. The number of fused-ring (bicyclic) bond motifs is 1. The summed E-state index contributed by atoms with van der Waals surface area (Å²) in [5.41, 5.74) is 2.50. The van der Waals surface area contributed by atoms with Crippen LogP contribution >= 0.6 is 0 Å². The van der Waals surface area contributed by atoms with E-state index in [2.05, 4.69) is 39.2 Å². The smallest absolute Gasteiger partial charge is 0.251 e. The summed E-state index contributed by atoms with van der Waals surface area (Å²) in [7, 11) is 0. The number of anilines is 1. The first kappa shape index (κ1) is 15.2. The van der Waals surface area contributed by atoms with Crippen LogP contribution in [-0.4, -0.2) is 31.1 Å². The van der Waals surface area contributed by atoms with Gasteiger partial charge in [0.2, 0.25) is 0 Å². The molecule has 7 nitrogen and oxygen atoms in total. The van der Waals surface area contributed by atoms with Crippen molar-refractivity contribution in [1.29, 1.82) is 0 Å². The SMILES string of the molecule is Cc1nc(CCNc2cc(C(C)C)nc3ccnn23)cc(=O)[nH]1. The number of hydrogen-bond acceptors (Lipinski definition) is 5. The maximum Gasteiger partial charge on any atom is 0.251 e. The minimum atomic E-state index is -0.118. The number of nitrogens with zero attached hydrogens (tertiary/aromatic N) is 4. The van der Waals surface area contributed by atoms with E-state index < -0.39 is 0 Å². The monoisotopic (exact) mass is 312 g/mol. The van der Waals surface area contributed by atoms with E-state index in [4.69, 9.17) is 0 Å². The Kier molecular flexibility index (Phi) is 4.10. The number of rotatable bonds is 5. The van der Waals surface area contributed by atoms with Crippen LogP contribution in [0.5, 0.6) is 0 Å². The maximum atomic E-state index is 11.5. The Hall–Kier alpha value is -2.70. The lowest BCUT2D eigenvalue weighted by Gasteiger charge is -2.12. The van der Waals surface area contributed by atoms with Crippen molar-refractivity contribution >= 4 is 11.5 Å². The first-order valence-electron chi connectivity index (χ1n) is 7.68. The lowest BCUT2D eigenvalue weighted by Crippen LogP contribution is -2.15. The highest BCUT2D eigenvalue weighted by molar-refractivity contribution is 5.49. The third-order valence-electron chi connectivity index (χ3n) is 3.57. The van der Waals surface area contributed by atoms with Crippen LogP contribution in [-0.2, 0) is 6.42 Å². The van der Waals surface area contributed by atoms with Crippen molar-refractivity contribution in [3.8, 4) is 0 Å². The summed E-state index contributed by atoms with van der Waals surface area (Å²) >= 11 is 0. The van der Waals surface area contributed by atoms with Crippen molar-refractivity contribution < 1.29 is 0 Å². The molecule has 0 aliphatic rings.